The van der Waals surface area contributed by atoms with Crippen LogP contribution in [0.4, 0.5) is 5.69 Å². The van der Waals surface area contributed by atoms with Gasteiger partial charge in [0, 0.05) is 12.1 Å². The first kappa shape index (κ1) is 15.3. The van der Waals surface area contributed by atoms with E-state index in [1.807, 2.05) is 0 Å². The highest BCUT2D eigenvalue weighted by atomic mass is 16.6. The molecule has 2 rings (SSSR count). The molecule has 6 heteroatoms. The molecule has 0 spiro atoms. The number of nitro benzene ring substituents is 1. The smallest absolute Gasteiger partial charge is 0.339 e. The zero-order chi connectivity index (χ0) is 15.4. The van der Waals surface area contributed by atoms with Gasteiger partial charge in [0.25, 0.3) is 5.69 Å². The number of hydrogen-bond donors (Lipinski definition) is 1. The molecule has 0 bridgehead atoms. The summed E-state index contributed by atoms with van der Waals surface area (Å²) in [5.74, 6) is -0.577. The molecule has 1 aromatic rings. The summed E-state index contributed by atoms with van der Waals surface area (Å²) < 4.78 is 5.88. The molecule has 0 saturated heterocycles. The summed E-state index contributed by atoms with van der Waals surface area (Å²) in [6.07, 6.45) is 5.19. The predicted molar refractivity (Wildman–Crippen MR) is 76.7 cm³/mol. The summed E-state index contributed by atoms with van der Waals surface area (Å²) >= 11 is 0. The number of carbonyl (C=O) groups is 1. The standard InChI is InChI=1S/C15H19NO5/c1-2-10-5-3-4-6-13(10)21-14-8-7-11(16(19)20)9-12(14)15(17)18/h7-10,13H,2-6H2,1H3,(H,17,18). The van der Waals surface area contributed by atoms with Crippen LogP contribution in [0.25, 0.3) is 0 Å². The van der Waals surface area contributed by atoms with Crippen LogP contribution in [0.15, 0.2) is 18.2 Å². The van der Waals surface area contributed by atoms with Crippen LogP contribution in [0.5, 0.6) is 5.75 Å². The molecule has 1 aromatic carbocycles. The van der Waals surface area contributed by atoms with Crippen LogP contribution < -0.4 is 4.74 Å². The largest absolute Gasteiger partial charge is 0.489 e. The number of nitrogens with zero attached hydrogens (tertiary/aromatic N) is 1. The van der Waals surface area contributed by atoms with Crippen molar-refractivity contribution in [1.82, 2.24) is 0 Å². The second-order valence-electron chi connectivity index (χ2n) is 5.35. The van der Waals surface area contributed by atoms with Gasteiger partial charge in [-0.3, -0.25) is 10.1 Å². The predicted octanol–water partition coefficient (Wildman–Crippen LogP) is 3.64. The molecule has 0 aromatic heterocycles. The minimum Gasteiger partial charge on any atom is -0.489 e. The topological polar surface area (TPSA) is 89.7 Å². The van der Waals surface area contributed by atoms with Crippen molar-refractivity contribution in [3.63, 3.8) is 0 Å². The molecular formula is C15H19NO5. The van der Waals surface area contributed by atoms with Crippen molar-refractivity contribution >= 4 is 11.7 Å². The number of ether oxygens (including phenoxy) is 1. The molecule has 1 aliphatic rings. The van der Waals surface area contributed by atoms with Crippen molar-refractivity contribution < 1.29 is 19.6 Å². The lowest BCUT2D eigenvalue weighted by molar-refractivity contribution is -0.384. The van der Waals surface area contributed by atoms with Gasteiger partial charge in [0.2, 0.25) is 0 Å². The number of aromatic carboxylic acids is 1. The minimum absolute atomic E-state index is 0.0108. The van der Waals surface area contributed by atoms with Crippen molar-refractivity contribution in [3.8, 4) is 5.75 Å². The van der Waals surface area contributed by atoms with E-state index in [1.54, 1.807) is 0 Å². The molecular weight excluding hydrogens is 274 g/mol. The molecule has 21 heavy (non-hydrogen) atoms. The van der Waals surface area contributed by atoms with Crippen LogP contribution in [-0.4, -0.2) is 22.1 Å². The van der Waals surface area contributed by atoms with Gasteiger partial charge in [-0.1, -0.05) is 13.3 Å². The van der Waals surface area contributed by atoms with E-state index in [1.165, 1.54) is 18.6 Å². The van der Waals surface area contributed by atoms with Gasteiger partial charge >= 0.3 is 5.97 Å². The van der Waals surface area contributed by atoms with Crippen LogP contribution in [0.3, 0.4) is 0 Å². The van der Waals surface area contributed by atoms with E-state index in [9.17, 15) is 20.0 Å². The van der Waals surface area contributed by atoms with E-state index >= 15 is 0 Å². The van der Waals surface area contributed by atoms with E-state index < -0.39 is 10.9 Å². The summed E-state index contributed by atoms with van der Waals surface area (Å²) in [5, 5.41) is 20.0. The normalized spacial score (nSPS) is 21.8. The van der Waals surface area contributed by atoms with Crippen molar-refractivity contribution in [2.75, 3.05) is 0 Å². The second kappa shape index (κ2) is 6.56. The molecule has 0 amide bonds. The third-order valence-corrected chi connectivity index (χ3v) is 4.05. The molecule has 2 atom stereocenters. The van der Waals surface area contributed by atoms with Crippen molar-refractivity contribution in [3.05, 3.63) is 33.9 Å². The Morgan fingerprint density at radius 3 is 2.76 bits per heavy atom. The lowest BCUT2D eigenvalue weighted by Gasteiger charge is -2.31. The van der Waals surface area contributed by atoms with Crippen LogP contribution in [-0.2, 0) is 0 Å². The molecule has 0 heterocycles. The van der Waals surface area contributed by atoms with Crippen LogP contribution >= 0.6 is 0 Å². The molecule has 0 radical (unpaired) electrons. The summed E-state index contributed by atoms with van der Waals surface area (Å²) in [4.78, 5) is 21.4. The minimum atomic E-state index is -1.21. The molecule has 114 valence electrons. The van der Waals surface area contributed by atoms with Gasteiger partial charge in [0.1, 0.15) is 17.4 Å². The summed E-state index contributed by atoms with van der Waals surface area (Å²) in [6, 6.07) is 3.73. The van der Waals surface area contributed by atoms with Gasteiger partial charge in [-0.2, -0.15) is 0 Å². The number of nitro groups is 1. The molecule has 1 fully saturated rings. The lowest BCUT2D eigenvalue weighted by Crippen LogP contribution is -2.30. The Bertz CT molecular complexity index is 543. The third kappa shape index (κ3) is 3.51. The number of carboxylic acids is 1. The number of non-ortho nitro benzene ring substituents is 1. The first-order valence-corrected chi connectivity index (χ1v) is 7.21. The molecule has 1 saturated carbocycles. The number of carboxylic acid groups (broad SMARTS) is 1. The van der Waals surface area contributed by atoms with E-state index in [4.69, 9.17) is 4.74 Å². The average Bonchev–Trinajstić information content (AvgIpc) is 2.47. The fourth-order valence-corrected chi connectivity index (χ4v) is 2.86. The summed E-state index contributed by atoms with van der Waals surface area (Å²) in [7, 11) is 0. The van der Waals surface area contributed by atoms with E-state index in [-0.39, 0.29) is 23.1 Å². The Morgan fingerprint density at radius 1 is 1.43 bits per heavy atom. The Kier molecular flexibility index (Phi) is 4.77. The van der Waals surface area contributed by atoms with Gasteiger partial charge in [-0.15, -0.1) is 0 Å². The van der Waals surface area contributed by atoms with Crippen LogP contribution in [0.1, 0.15) is 49.4 Å². The Hall–Kier alpha value is -2.11. The lowest BCUT2D eigenvalue weighted by atomic mass is 9.84. The van der Waals surface area contributed by atoms with E-state index in [2.05, 4.69) is 6.92 Å². The quantitative estimate of drug-likeness (QED) is 0.661. The van der Waals surface area contributed by atoms with Gasteiger partial charge in [0.15, 0.2) is 0 Å². The van der Waals surface area contributed by atoms with E-state index in [0.29, 0.717) is 5.92 Å². The Balaban J connectivity index is 2.26. The highest BCUT2D eigenvalue weighted by molar-refractivity contribution is 5.91. The van der Waals surface area contributed by atoms with Gasteiger partial charge in [0.05, 0.1) is 4.92 Å². The SMILES string of the molecule is CCC1CCCCC1Oc1ccc([N+](=O)[O-])cc1C(=O)O. The highest BCUT2D eigenvalue weighted by Gasteiger charge is 2.27. The van der Waals surface area contributed by atoms with Gasteiger partial charge in [-0.05, 0) is 37.7 Å². The monoisotopic (exact) mass is 293 g/mol. The first-order valence-electron chi connectivity index (χ1n) is 7.21. The zero-order valence-electron chi connectivity index (χ0n) is 11.9. The number of benzene rings is 1. The average molecular weight is 293 g/mol. The molecule has 6 nitrogen and oxygen atoms in total. The maximum absolute atomic E-state index is 11.3. The number of hydrogen-bond acceptors (Lipinski definition) is 4. The van der Waals surface area contributed by atoms with Crippen LogP contribution in [0, 0.1) is 16.0 Å². The maximum Gasteiger partial charge on any atom is 0.339 e. The summed E-state index contributed by atoms with van der Waals surface area (Å²) in [5.41, 5.74) is -0.389. The number of rotatable bonds is 5. The second-order valence-corrected chi connectivity index (χ2v) is 5.35. The highest BCUT2D eigenvalue weighted by Crippen LogP contribution is 2.33. The van der Waals surface area contributed by atoms with Gasteiger partial charge in [-0.25, -0.2) is 4.79 Å². The Morgan fingerprint density at radius 2 is 2.14 bits per heavy atom. The fourth-order valence-electron chi connectivity index (χ4n) is 2.86. The fraction of sp³-hybridized carbons (Fsp3) is 0.533. The Labute approximate surface area is 122 Å². The maximum atomic E-state index is 11.3. The van der Waals surface area contributed by atoms with Crippen LogP contribution in [0.2, 0.25) is 0 Å². The van der Waals surface area contributed by atoms with Gasteiger partial charge < -0.3 is 9.84 Å². The first-order chi connectivity index (χ1) is 10.0. The third-order valence-electron chi connectivity index (χ3n) is 4.05. The van der Waals surface area contributed by atoms with Crippen molar-refractivity contribution in [1.29, 1.82) is 0 Å². The van der Waals surface area contributed by atoms with Crippen molar-refractivity contribution in [2.45, 2.75) is 45.1 Å². The molecule has 1 N–H and O–H groups in total. The molecule has 1 aliphatic carbocycles. The molecule has 0 aliphatic heterocycles. The van der Waals surface area contributed by atoms with Crippen molar-refractivity contribution in [2.24, 2.45) is 5.92 Å². The van der Waals surface area contributed by atoms with E-state index in [0.717, 1.165) is 31.7 Å². The zero-order valence-corrected chi connectivity index (χ0v) is 11.9. The summed E-state index contributed by atoms with van der Waals surface area (Å²) in [6.45, 7) is 2.10. The molecule has 2 unspecified atom stereocenters.